The maximum absolute atomic E-state index is 4.45. The van der Waals surface area contributed by atoms with Crippen molar-refractivity contribution in [3.63, 3.8) is 0 Å². The van der Waals surface area contributed by atoms with E-state index in [1.165, 1.54) is 11.5 Å². The highest BCUT2D eigenvalue weighted by molar-refractivity contribution is 9.10. The summed E-state index contributed by atoms with van der Waals surface area (Å²) in [6.07, 6.45) is 0. The van der Waals surface area contributed by atoms with E-state index >= 15 is 0 Å². The van der Waals surface area contributed by atoms with Gasteiger partial charge in [0.2, 0.25) is 5.13 Å². The minimum Gasteiger partial charge on any atom is -0.358 e. The zero-order valence-corrected chi connectivity index (χ0v) is 11.5. The van der Waals surface area contributed by atoms with Crippen LogP contribution in [0.1, 0.15) is 13.8 Å². The third-order valence-electron chi connectivity index (χ3n) is 1.95. The van der Waals surface area contributed by atoms with Crippen LogP contribution in [0, 0.1) is 0 Å². The Morgan fingerprint density at radius 1 is 1.31 bits per heavy atom. The van der Waals surface area contributed by atoms with Gasteiger partial charge in [-0.05, 0) is 19.9 Å². The normalized spacial score (nSPS) is 10.8. The van der Waals surface area contributed by atoms with Gasteiger partial charge in [-0.15, -0.1) is 0 Å². The quantitative estimate of drug-likeness (QED) is 0.937. The van der Waals surface area contributed by atoms with E-state index in [0.717, 1.165) is 21.0 Å². The Morgan fingerprint density at radius 3 is 2.75 bits per heavy atom. The first kappa shape index (κ1) is 11.5. The minimum atomic E-state index is 0.375. The summed E-state index contributed by atoms with van der Waals surface area (Å²) < 4.78 is 5.36. The number of hydrogen-bond donors (Lipinski definition) is 1. The first-order valence-corrected chi connectivity index (χ1v) is 6.58. The molecule has 0 atom stereocenters. The van der Waals surface area contributed by atoms with Gasteiger partial charge in [-0.25, -0.2) is 0 Å². The van der Waals surface area contributed by atoms with Crippen LogP contribution in [0.3, 0.4) is 0 Å². The Bertz CT molecular complexity index is 482. The number of hydrogen-bond acceptors (Lipinski definition) is 4. The van der Waals surface area contributed by atoms with E-state index in [9.17, 15) is 0 Å². The maximum atomic E-state index is 4.45. The fourth-order valence-corrected chi connectivity index (χ4v) is 2.47. The molecule has 0 bridgehead atoms. The largest absolute Gasteiger partial charge is 0.358 e. The summed E-state index contributed by atoms with van der Waals surface area (Å²) in [5, 5.41) is 4.11. The molecule has 0 aliphatic carbocycles. The van der Waals surface area contributed by atoms with Crippen molar-refractivity contribution in [3.05, 3.63) is 28.7 Å². The number of anilines is 1. The van der Waals surface area contributed by atoms with Crippen LogP contribution in [0.2, 0.25) is 0 Å². The number of rotatable bonds is 3. The van der Waals surface area contributed by atoms with Crippen LogP contribution < -0.4 is 5.32 Å². The molecule has 5 heteroatoms. The smallest absolute Gasteiger partial charge is 0.203 e. The molecule has 0 amide bonds. The van der Waals surface area contributed by atoms with Crippen molar-refractivity contribution in [1.29, 1.82) is 0 Å². The van der Waals surface area contributed by atoms with Gasteiger partial charge in [0.25, 0.3) is 0 Å². The van der Waals surface area contributed by atoms with Gasteiger partial charge < -0.3 is 5.32 Å². The van der Waals surface area contributed by atoms with Gasteiger partial charge in [0.05, 0.1) is 0 Å². The lowest BCUT2D eigenvalue weighted by molar-refractivity contribution is 0.896. The van der Waals surface area contributed by atoms with Crippen molar-refractivity contribution < 1.29 is 0 Å². The highest BCUT2D eigenvalue weighted by Crippen LogP contribution is 2.27. The predicted molar refractivity (Wildman–Crippen MR) is 71.8 cm³/mol. The second kappa shape index (κ2) is 4.93. The molecule has 16 heavy (non-hydrogen) atoms. The van der Waals surface area contributed by atoms with Gasteiger partial charge in [0.1, 0.15) is 0 Å². The highest BCUT2D eigenvalue weighted by Gasteiger charge is 2.09. The molecule has 0 spiro atoms. The molecular formula is C11H12BrN3S. The minimum absolute atomic E-state index is 0.375. The molecule has 1 aromatic heterocycles. The van der Waals surface area contributed by atoms with Crippen LogP contribution in [-0.2, 0) is 0 Å². The third-order valence-corrected chi connectivity index (χ3v) is 3.29. The first-order valence-electron chi connectivity index (χ1n) is 5.02. The van der Waals surface area contributed by atoms with Gasteiger partial charge in [-0.2, -0.15) is 9.36 Å². The lowest BCUT2D eigenvalue weighted by atomic mass is 10.2. The molecular weight excluding hydrogens is 286 g/mol. The second-order valence-electron chi connectivity index (χ2n) is 3.70. The van der Waals surface area contributed by atoms with E-state index in [-0.39, 0.29) is 0 Å². The molecule has 1 aromatic carbocycles. The summed E-state index contributed by atoms with van der Waals surface area (Å²) in [6.45, 7) is 4.17. The Labute approximate surface area is 107 Å². The topological polar surface area (TPSA) is 37.8 Å². The van der Waals surface area contributed by atoms with Gasteiger partial charge in [-0.1, -0.05) is 34.1 Å². The van der Waals surface area contributed by atoms with Gasteiger partial charge >= 0.3 is 0 Å². The van der Waals surface area contributed by atoms with E-state index in [4.69, 9.17) is 0 Å². The molecule has 1 N–H and O–H groups in total. The summed E-state index contributed by atoms with van der Waals surface area (Å²) in [5.74, 6) is 0.764. The summed E-state index contributed by atoms with van der Waals surface area (Å²) in [5.41, 5.74) is 1.02. The molecule has 0 aliphatic heterocycles. The zero-order valence-electron chi connectivity index (χ0n) is 9.07. The lowest BCUT2D eigenvalue weighted by Gasteiger charge is -2.03. The summed E-state index contributed by atoms with van der Waals surface area (Å²) in [4.78, 5) is 4.45. The Kier molecular flexibility index (Phi) is 3.56. The van der Waals surface area contributed by atoms with Crippen LogP contribution in [-0.4, -0.2) is 15.4 Å². The van der Waals surface area contributed by atoms with Gasteiger partial charge in [0, 0.05) is 27.6 Å². The van der Waals surface area contributed by atoms with E-state index < -0.39 is 0 Å². The molecule has 2 aromatic rings. The highest BCUT2D eigenvalue weighted by atomic mass is 79.9. The Morgan fingerprint density at radius 2 is 2.06 bits per heavy atom. The molecule has 0 radical (unpaired) electrons. The van der Waals surface area contributed by atoms with Crippen LogP contribution >= 0.6 is 27.5 Å². The standard InChI is InChI=1S/C11H12BrN3S/c1-7(2)13-11-14-10(15-16-11)8-5-3-4-6-9(8)12/h3-7H,1-2H3,(H,13,14,15). The fraction of sp³-hybridized carbons (Fsp3) is 0.273. The van der Waals surface area contributed by atoms with Crippen molar-refractivity contribution in [2.24, 2.45) is 0 Å². The number of nitrogens with one attached hydrogen (secondary N) is 1. The zero-order chi connectivity index (χ0) is 11.5. The second-order valence-corrected chi connectivity index (χ2v) is 5.31. The van der Waals surface area contributed by atoms with Crippen molar-refractivity contribution in [1.82, 2.24) is 9.36 Å². The van der Waals surface area contributed by atoms with Crippen LogP contribution in [0.5, 0.6) is 0 Å². The molecule has 0 unspecified atom stereocenters. The first-order chi connectivity index (χ1) is 7.66. The predicted octanol–water partition coefficient (Wildman–Crippen LogP) is 3.79. The molecule has 84 valence electrons. The maximum Gasteiger partial charge on any atom is 0.203 e. The fourth-order valence-electron chi connectivity index (χ4n) is 1.28. The molecule has 0 fully saturated rings. The Balaban J connectivity index is 2.28. The summed E-state index contributed by atoms with van der Waals surface area (Å²) in [7, 11) is 0. The number of aromatic nitrogens is 2. The van der Waals surface area contributed by atoms with Crippen LogP contribution in [0.15, 0.2) is 28.7 Å². The number of nitrogens with zero attached hydrogens (tertiary/aromatic N) is 2. The van der Waals surface area contributed by atoms with Gasteiger partial charge in [0.15, 0.2) is 5.82 Å². The average Bonchev–Trinajstić information content (AvgIpc) is 2.66. The number of benzene rings is 1. The van der Waals surface area contributed by atoms with Crippen molar-refractivity contribution in [2.75, 3.05) is 5.32 Å². The van der Waals surface area contributed by atoms with Crippen LogP contribution in [0.25, 0.3) is 11.4 Å². The van der Waals surface area contributed by atoms with Crippen molar-refractivity contribution in [2.45, 2.75) is 19.9 Å². The molecule has 1 heterocycles. The van der Waals surface area contributed by atoms with Gasteiger partial charge in [-0.3, -0.25) is 0 Å². The van der Waals surface area contributed by atoms with E-state index in [0.29, 0.717) is 6.04 Å². The monoisotopic (exact) mass is 297 g/mol. The third kappa shape index (κ3) is 2.59. The van der Waals surface area contributed by atoms with Crippen molar-refractivity contribution in [3.8, 4) is 11.4 Å². The molecule has 3 nitrogen and oxygen atoms in total. The molecule has 0 saturated heterocycles. The Hall–Kier alpha value is -0.940. The molecule has 2 rings (SSSR count). The molecule has 0 aliphatic rings. The van der Waals surface area contributed by atoms with Crippen molar-refractivity contribution >= 4 is 32.6 Å². The van der Waals surface area contributed by atoms with Crippen LogP contribution in [0.4, 0.5) is 5.13 Å². The number of halogens is 1. The summed E-state index contributed by atoms with van der Waals surface area (Å²) in [6, 6.07) is 8.33. The lowest BCUT2D eigenvalue weighted by Crippen LogP contribution is -2.08. The SMILES string of the molecule is CC(C)Nc1nc(-c2ccccc2Br)ns1. The summed E-state index contributed by atoms with van der Waals surface area (Å²) >= 11 is 4.89. The van der Waals surface area contributed by atoms with E-state index in [1.54, 1.807) is 0 Å². The van der Waals surface area contributed by atoms with E-state index in [2.05, 4.69) is 44.5 Å². The van der Waals surface area contributed by atoms with E-state index in [1.807, 2.05) is 24.3 Å². The molecule has 0 saturated carbocycles. The average molecular weight is 298 g/mol.